The van der Waals surface area contributed by atoms with Gasteiger partial charge in [-0.1, -0.05) is 6.07 Å². The molecule has 0 aliphatic heterocycles. The van der Waals surface area contributed by atoms with E-state index in [1.807, 2.05) is 0 Å². The number of hydrogen-bond donors (Lipinski definition) is 1. The van der Waals surface area contributed by atoms with Gasteiger partial charge in [-0.2, -0.15) is 5.26 Å². The number of alkyl halides is 2. The van der Waals surface area contributed by atoms with Crippen LogP contribution in [0.1, 0.15) is 23.1 Å². The highest BCUT2D eigenvalue weighted by Crippen LogP contribution is 2.33. The molecule has 94 valence electrons. The Morgan fingerprint density at radius 2 is 2.17 bits per heavy atom. The SMILES string of the molecule is N#Cc1c(CC(=O)O)ccc([N+](=O)[O-])c1C(F)F. The van der Waals surface area contributed by atoms with Crippen LogP contribution < -0.4 is 0 Å². The summed E-state index contributed by atoms with van der Waals surface area (Å²) in [6.45, 7) is 0. The molecule has 1 N–H and O–H groups in total. The Morgan fingerprint density at radius 3 is 2.56 bits per heavy atom. The van der Waals surface area contributed by atoms with E-state index in [1.54, 1.807) is 0 Å². The second-order valence-corrected chi connectivity index (χ2v) is 3.27. The molecule has 18 heavy (non-hydrogen) atoms. The van der Waals surface area contributed by atoms with E-state index in [9.17, 15) is 23.7 Å². The fourth-order valence-corrected chi connectivity index (χ4v) is 1.48. The smallest absolute Gasteiger partial charge is 0.307 e. The lowest BCUT2D eigenvalue weighted by molar-refractivity contribution is -0.386. The first-order valence-electron chi connectivity index (χ1n) is 4.58. The van der Waals surface area contributed by atoms with E-state index in [0.29, 0.717) is 0 Å². The summed E-state index contributed by atoms with van der Waals surface area (Å²) in [6, 6.07) is 3.17. The van der Waals surface area contributed by atoms with Gasteiger partial charge in [0.05, 0.1) is 16.9 Å². The predicted molar refractivity (Wildman–Crippen MR) is 54.1 cm³/mol. The number of halogens is 2. The van der Waals surface area contributed by atoms with Gasteiger partial charge in [0.1, 0.15) is 11.6 Å². The molecule has 0 amide bonds. The van der Waals surface area contributed by atoms with Crippen LogP contribution in [0.3, 0.4) is 0 Å². The maximum absolute atomic E-state index is 12.7. The van der Waals surface area contributed by atoms with Crippen LogP contribution >= 0.6 is 0 Å². The molecule has 1 aromatic rings. The Morgan fingerprint density at radius 1 is 1.56 bits per heavy atom. The first-order valence-corrected chi connectivity index (χ1v) is 4.58. The largest absolute Gasteiger partial charge is 0.481 e. The molecule has 0 atom stereocenters. The molecule has 0 heterocycles. The van der Waals surface area contributed by atoms with Crippen molar-refractivity contribution in [2.24, 2.45) is 0 Å². The number of carbonyl (C=O) groups is 1. The van der Waals surface area contributed by atoms with E-state index >= 15 is 0 Å². The second-order valence-electron chi connectivity index (χ2n) is 3.27. The summed E-state index contributed by atoms with van der Waals surface area (Å²) in [5.74, 6) is -1.32. The summed E-state index contributed by atoms with van der Waals surface area (Å²) in [5.41, 5.74) is -2.76. The quantitative estimate of drug-likeness (QED) is 0.655. The van der Waals surface area contributed by atoms with E-state index in [0.717, 1.165) is 12.1 Å². The highest BCUT2D eigenvalue weighted by Gasteiger charge is 2.28. The molecule has 0 radical (unpaired) electrons. The molecule has 8 heteroatoms. The van der Waals surface area contributed by atoms with Crippen LogP contribution in [0.5, 0.6) is 0 Å². The van der Waals surface area contributed by atoms with Crippen molar-refractivity contribution in [3.05, 3.63) is 38.9 Å². The Bertz CT molecular complexity index is 552. The Labute approximate surface area is 99.2 Å². The highest BCUT2D eigenvalue weighted by atomic mass is 19.3. The molecule has 1 rings (SSSR count). The standard InChI is InChI=1S/C10H6F2N2O4/c11-10(12)9-6(4-13)5(3-8(15)16)1-2-7(9)14(17)18/h1-2,10H,3H2,(H,15,16). The monoisotopic (exact) mass is 256 g/mol. The van der Waals surface area contributed by atoms with Crippen LogP contribution in [0.25, 0.3) is 0 Å². The average Bonchev–Trinajstić information content (AvgIpc) is 2.26. The molecule has 0 aliphatic carbocycles. The van der Waals surface area contributed by atoms with Gasteiger partial charge in [-0.25, -0.2) is 8.78 Å². The number of rotatable bonds is 4. The van der Waals surface area contributed by atoms with Crippen LogP contribution in [0.4, 0.5) is 14.5 Å². The Balaban J connectivity index is 3.54. The van der Waals surface area contributed by atoms with E-state index in [2.05, 4.69) is 0 Å². The minimum absolute atomic E-state index is 0.175. The number of nitriles is 1. The van der Waals surface area contributed by atoms with E-state index in [4.69, 9.17) is 10.4 Å². The zero-order valence-corrected chi connectivity index (χ0v) is 8.76. The van der Waals surface area contributed by atoms with Crippen LogP contribution in [-0.4, -0.2) is 16.0 Å². The molecule has 0 fully saturated rings. The molecule has 0 spiro atoms. The fourth-order valence-electron chi connectivity index (χ4n) is 1.48. The van der Waals surface area contributed by atoms with Crippen molar-refractivity contribution in [3.8, 4) is 6.07 Å². The third-order valence-electron chi connectivity index (χ3n) is 2.18. The van der Waals surface area contributed by atoms with Crippen molar-refractivity contribution in [2.45, 2.75) is 12.8 Å². The van der Waals surface area contributed by atoms with E-state index < -0.39 is 40.6 Å². The number of nitro groups is 1. The van der Waals surface area contributed by atoms with Crippen molar-refractivity contribution < 1.29 is 23.6 Å². The first-order chi connectivity index (χ1) is 8.38. The third kappa shape index (κ3) is 2.57. The van der Waals surface area contributed by atoms with Crippen molar-refractivity contribution in [2.75, 3.05) is 0 Å². The molecule has 1 aromatic carbocycles. The number of carboxylic acid groups (broad SMARTS) is 1. The van der Waals surface area contributed by atoms with Crippen LogP contribution in [0.2, 0.25) is 0 Å². The average molecular weight is 256 g/mol. The van der Waals surface area contributed by atoms with Crippen LogP contribution in [0.15, 0.2) is 12.1 Å². The molecular weight excluding hydrogens is 250 g/mol. The number of nitro benzene ring substituents is 1. The number of nitrogens with zero attached hydrogens (tertiary/aromatic N) is 2. The highest BCUT2D eigenvalue weighted by molar-refractivity contribution is 5.72. The maximum atomic E-state index is 12.7. The summed E-state index contributed by atoms with van der Waals surface area (Å²) in [4.78, 5) is 20.0. The van der Waals surface area contributed by atoms with Gasteiger partial charge in [-0.15, -0.1) is 0 Å². The number of carboxylic acids is 1. The van der Waals surface area contributed by atoms with Crippen molar-refractivity contribution in [1.82, 2.24) is 0 Å². The lowest BCUT2D eigenvalue weighted by Crippen LogP contribution is -2.07. The summed E-state index contributed by atoms with van der Waals surface area (Å²) >= 11 is 0. The van der Waals surface area contributed by atoms with Crippen molar-refractivity contribution in [1.29, 1.82) is 5.26 Å². The first kappa shape index (κ1) is 13.5. The van der Waals surface area contributed by atoms with E-state index in [-0.39, 0.29) is 5.56 Å². The topological polar surface area (TPSA) is 104 Å². The summed E-state index contributed by atoms with van der Waals surface area (Å²) in [6.07, 6.45) is -3.88. The lowest BCUT2D eigenvalue weighted by atomic mass is 9.98. The number of benzene rings is 1. The fraction of sp³-hybridized carbons (Fsp3) is 0.200. The molecular formula is C10H6F2N2O4. The number of aliphatic carboxylic acids is 1. The van der Waals surface area contributed by atoms with Gasteiger partial charge in [0.15, 0.2) is 0 Å². The Hall–Kier alpha value is -2.56. The molecule has 0 saturated heterocycles. The molecule has 0 aromatic heterocycles. The van der Waals surface area contributed by atoms with Gasteiger partial charge in [0, 0.05) is 6.07 Å². The summed E-state index contributed by atoms with van der Waals surface area (Å²) < 4.78 is 25.5. The van der Waals surface area contributed by atoms with Gasteiger partial charge < -0.3 is 5.11 Å². The minimum Gasteiger partial charge on any atom is -0.481 e. The van der Waals surface area contributed by atoms with Gasteiger partial charge in [0.25, 0.3) is 12.1 Å². The van der Waals surface area contributed by atoms with Gasteiger partial charge in [-0.3, -0.25) is 14.9 Å². The number of hydrogen-bond acceptors (Lipinski definition) is 4. The Kier molecular flexibility index (Phi) is 3.89. The van der Waals surface area contributed by atoms with Gasteiger partial charge in [0.2, 0.25) is 0 Å². The van der Waals surface area contributed by atoms with Gasteiger partial charge >= 0.3 is 5.97 Å². The summed E-state index contributed by atoms with van der Waals surface area (Å²) in [7, 11) is 0. The normalized spacial score (nSPS) is 10.1. The maximum Gasteiger partial charge on any atom is 0.307 e. The van der Waals surface area contributed by atoms with Gasteiger partial charge in [-0.05, 0) is 5.56 Å². The zero-order valence-electron chi connectivity index (χ0n) is 8.76. The van der Waals surface area contributed by atoms with Crippen LogP contribution in [-0.2, 0) is 11.2 Å². The lowest BCUT2D eigenvalue weighted by Gasteiger charge is -2.07. The zero-order chi connectivity index (χ0) is 13.9. The molecule has 0 unspecified atom stereocenters. The van der Waals surface area contributed by atoms with Crippen molar-refractivity contribution in [3.63, 3.8) is 0 Å². The summed E-state index contributed by atoms with van der Waals surface area (Å²) in [5, 5.41) is 27.9. The predicted octanol–water partition coefficient (Wildman–Crippen LogP) is 2.03. The minimum atomic E-state index is -3.23. The molecule has 0 bridgehead atoms. The second kappa shape index (κ2) is 5.18. The third-order valence-corrected chi connectivity index (χ3v) is 2.18. The molecule has 0 aliphatic rings. The molecule has 6 nitrogen and oxygen atoms in total. The van der Waals surface area contributed by atoms with E-state index in [1.165, 1.54) is 6.07 Å². The van der Waals surface area contributed by atoms with Crippen LogP contribution in [0, 0.1) is 21.4 Å². The molecule has 0 saturated carbocycles. The van der Waals surface area contributed by atoms with Crippen molar-refractivity contribution >= 4 is 11.7 Å².